The molecule has 0 fully saturated rings. The Labute approximate surface area is 202 Å². The first-order valence-electron chi connectivity index (χ1n) is 10.6. The lowest BCUT2D eigenvalue weighted by Crippen LogP contribution is -2.14. The van der Waals surface area contributed by atoms with Crippen molar-refractivity contribution in [2.75, 3.05) is 26.6 Å². The standard InChI is InChI=1S/C26H23N5O4/c1-16-12-23(29-25-20(16)6-5-7-22(25)35-4)31-26(18(14-27)15-28-31)30-24(32)11-8-17-13-19(33-2)9-10-21(17)34-3/h5-13,15H,1-4H3,(H,30,32)/b11-8+. The van der Waals surface area contributed by atoms with Crippen LogP contribution in [0.1, 0.15) is 16.7 Å². The minimum Gasteiger partial charge on any atom is -0.497 e. The number of ether oxygens (including phenoxy) is 3. The highest BCUT2D eigenvalue weighted by Gasteiger charge is 2.17. The van der Waals surface area contributed by atoms with Crippen LogP contribution in [0.15, 0.2) is 54.7 Å². The highest BCUT2D eigenvalue weighted by Crippen LogP contribution is 2.29. The summed E-state index contributed by atoms with van der Waals surface area (Å²) in [4.78, 5) is 17.5. The van der Waals surface area contributed by atoms with E-state index in [0.29, 0.717) is 34.1 Å². The van der Waals surface area contributed by atoms with Crippen molar-refractivity contribution in [3.05, 3.63) is 71.4 Å². The molecule has 35 heavy (non-hydrogen) atoms. The Bertz CT molecular complexity index is 1480. The normalized spacial score (nSPS) is 10.8. The van der Waals surface area contributed by atoms with E-state index in [1.165, 1.54) is 17.0 Å². The van der Waals surface area contributed by atoms with Crippen LogP contribution in [0, 0.1) is 18.3 Å². The van der Waals surface area contributed by atoms with Gasteiger partial charge in [0.05, 0.1) is 27.5 Å². The Balaban J connectivity index is 1.70. The van der Waals surface area contributed by atoms with Crippen molar-refractivity contribution in [3.63, 3.8) is 0 Å². The Morgan fingerprint density at radius 3 is 2.60 bits per heavy atom. The SMILES string of the molecule is COc1ccc(OC)c(/C=C/C(=O)Nc2c(C#N)cnn2-c2cc(C)c3cccc(OC)c3n2)c1. The van der Waals surface area contributed by atoms with Gasteiger partial charge in [-0.3, -0.25) is 4.79 Å². The quantitative estimate of drug-likeness (QED) is 0.402. The second-order valence-corrected chi connectivity index (χ2v) is 7.51. The molecule has 2 heterocycles. The van der Waals surface area contributed by atoms with Gasteiger partial charge in [-0.2, -0.15) is 15.0 Å². The third kappa shape index (κ3) is 4.63. The number of para-hydroxylation sites is 1. The number of carbonyl (C=O) groups is 1. The van der Waals surface area contributed by atoms with Crippen LogP contribution in [0.2, 0.25) is 0 Å². The summed E-state index contributed by atoms with van der Waals surface area (Å²) in [6, 6.07) is 14.8. The van der Waals surface area contributed by atoms with E-state index in [4.69, 9.17) is 19.2 Å². The number of benzene rings is 2. The molecule has 2 aromatic heterocycles. The van der Waals surface area contributed by atoms with Gasteiger partial charge in [-0.25, -0.2) is 4.98 Å². The van der Waals surface area contributed by atoms with Gasteiger partial charge in [-0.15, -0.1) is 0 Å². The number of anilines is 1. The highest BCUT2D eigenvalue weighted by molar-refractivity contribution is 6.02. The number of amides is 1. The average molecular weight is 470 g/mol. The van der Waals surface area contributed by atoms with E-state index in [1.807, 2.05) is 31.2 Å². The summed E-state index contributed by atoms with van der Waals surface area (Å²) in [5.74, 6) is 2.02. The number of hydrogen-bond acceptors (Lipinski definition) is 7. The highest BCUT2D eigenvalue weighted by atomic mass is 16.5. The molecule has 176 valence electrons. The van der Waals surface area contributed by atoms with Crippen LogP contribution in [-0.4, -0.2) is 42.0 Å². The molecule has 0 atom stereocenters. The van der Waals surface area contributed by atoms with Gasteiger partial charge in [0.2, 0.25) is 5.91 Å². The summed E-state index contributed by atoms with van der Waals surface area (Å²) in [7, 11) is 4.69. The van der Waals surface area contributed by atoms with Crippen molar-refractivity contribution in [2.45, 2.75) is 6.92 Å². The van der Waals surface area contributed by atoms with Gasteiger partial charge in [0.15, 0.2) is 11.6 Å². The van der Waals surface area contributed by atoms with E-state index in [1.54, 1.807) is 45.6 Å². The molecule has 0 aliphatic heterocycles. The first-order chi connectivity index (χ1) is 17.0. The lowest BCUT2D eigenvalue weighted by Gasteiger charge is -2.12. The van der Waals surface area contributed by atoms with Gasteiger partial charge in [-0.1, -0.05) is 12.1 Å². The summed E-state index contributed by atoms with van der Waals surface area (Å²) < 4.78 is 17.5. The van der Waals surface area contributed by atoms with Crippen molar-refractivity contribution in [1.82, 2.24) is 14.8 Å². The number of carbonyl (C=O) groups excluding carboxylic acids is 1. The Morgan fingerprint density at radius 2 is 1.89 bits per heavy atom. The Kier molecular flexibility index (Phi) is 6.64. The smallest absolute Gasteiger partial charge is 0.249 e. The maximum absolute atomic E-state index is 12.8. The van der Waals surface area contributed by atoms with E-state index < -0.39 is 5.91 Å². The molecule has 9 nitrogen and oxygen atoms in total. The third-order valence-corrected chi connectivity index (χ3v) is 5.42. The van der Waals surface area contributed by atoms with Crippen LogP contribution in [0.5, 0.6) is 17.2 Å². The molecule has 0 aliphatic carbocycles. The molecule has 9 heteroatoms. The number of hydrogen-bond donors (Lipinski definition) is 1. The maximum atomic E-state index is 12.8. The fourth-order valence-electron chi connectivity index (χ4n) is 3.67. The molecule has 2 aromatic carbocycles. The van der Waals surface area contributed by atoms with Crippen molar-refractivity contribution in [3.8, 4) is 29.1 Å². The average Bonchev–Trinajstić information content (AvgIpc) is 3.29. The number of nitriles is 1. The van der Waals surface area contributed by atoms with E-state index in [-0.39, 0.29) is 11.4 Å². The Hall–Kier alpha value is -4.84. The van der Waals surface area contributed by atoms with Crippen LogP contribution in [0.4, 0.5) is 5.82 Å². The van der Waals surface area contributed by atoms with E-state index >= 15 is 0 Å². The summed E-state index contributed by atoms with van der Waals surface area (Å²) in [6.07, 6.45) is 4.33. The molecular formula is C26H23N5O4. The minimum absolute atomic E-state index is 0.199. The third-order valence-electron chi connectivity index (χ3n) is 5.42. The van der Waals surface area contributed by atoms with Gasteiger partial charge in [0.25, 0.3) is 0 Å². The van der Waals surface area contributed by atoms with Gasteiger partial charge in [0.1, 0.15) is 34.4 Å². The van der Waals surface area contributed by atoms with Crippen molar-refractivity contribution in [1.29, 1.82) is 5.26 Å². The van der Waals surface area contributed by atoms with Gasteiger partial charge >= 0.3 is 0 Å². The minimum atomic E-state index is -0.455. The second kappa shape index (κ2) is 9.97. The molecule has 1 N–H and O–H groups in total. The molecule has 0 aliphatic rings. The number of nitrogens with one attached hydrogen (secondary N) is 1. The van der Waals surface area contributed by atoms with Crippen LogP contribution in [0.3, 0.4) is 0 Å². The molecule has 4 aromatic rings. The van der Waals surface area contributed by atoms with Crippen LogP contribution < -0.4 is 19.5 Å². The maximum Gasteiger partial charge on any atom is 0.249 e. The van der Waals surface area contributed by atoms with Gasteiger partial charge < -0.3 is 19.5 Å². The molecule has 0 unspecified atom stereocenters. The summed E-state index contributed by atoms with van der Waals surface area (Å²) in [5.41, 5.74) is 2.46. The van der Waals surface area contributed by atoms with Gasteiger partial charge in [-0.05, 0) is 48.9 Å². The molecule has 0 bridgehead atoms. The predicted molar refractivity (Wildman–Crippen MR) is 132 cm³/mol. The zero-order valence-electron chi connectivity index (χ0n) is 19.7. The fraction of sp³-hybridized carbons (Fsp3) is 0.154. The number of aromatic nitrogens is 3. The number of methoxy groups -OCH3 is 3. The molecule has 0 saturated carbocycles. The molecule has 4 rings (SSSR count). The molecule has 0 saturated heterocycles. The number of fused-ring (bicyclic) bond motifs is 1. The number of nitrogens with zero attached hydrogens (tertiary/aromatic N) is 4. The molecular weight excluding hydrogens is 446 g/mol. The van der Waals surface area contributed by atoms with Crippen LogP contribution >= 0.6 is 0 Å². The lowest BCUT2D eigenvalue weighted by atomic mass is 10.1. The van der Waals surface area contributed by atoms with Gasteiger partial charge in [0, 0.05) is 17.0 Å². The van der Waals surface area contributed by atoms with Crippen LogP contribution in [0.25, 0.3) is 22.8 Å². The van der Waals surface area contributed by atoms with E-state index in [9.17, 15) is 10.1 Å². The first-order valence-corrected chi connectivity index (χ1v) is 10.6. The van der Waals surface area contributed by atoms with E-state index in [0.717, 1.165) is 10.9 Å². The number of rotatable bonds is 7. The van der Waals surface area contributed by atoms with Crippen LogP contribution in [-0.2, 0) is 4.79 Å². The Morgan fingerprint density at radius 1 is 1.09 bits per heavy atom. The second-order valence-electron chi connectivity index (χ2n) is 7.51. The topological polar surface area (TPSA) is 111 Å². The molecule has 0 spiro atoms. The zero-order chi connectivity index (χ0) is 24.9. The summed E-state index contributed by atoms with van der Waals surface area (Å²) in [6.45, 7) is 1.95. The van der Waals surface area contributed by atoms with Crippen molar-refractivity contribution < 1.29 is 19.0 Å². The number of aryl methyl sites for hydroxylation is 1. The van der Waals surface area contributed by atoms with Crippen molar-refractivity contribution in [2.24, 2.45) is 0 Å². The largest absolute Gasteiger partial charge is 0.497 e. The number of pyridine rings is 1. The molecule has 0 radical (unpaired) electrons. The predicted octanol–water partition coefficient (Wildman–Crippen LogP) is 4.28. The first kappa shape index (κ1) is 23.3. The fourth-order valence-corrected chi connectivity index (χ4v) is 3.67. The monoisotopic (exact) mass is 469 g/mol. The summed E-state index contributed by atoms with van der Waals surface area (Å²) >= 11 is 0. The van der Waals surface area contributed by atoms with Crippen molar-refractivity contribution >= 4 is 28.7 Å². The molecule has 1 amide bonds. The zero-order valence-corrected chi connectivity index (χ0v) is 19.7. The van der Waals surface area contributed by atoms with E-state index in [2.05, 4.69) is 16.5 Å². The summed E-state index contributed by atoms with van der Waals surface area (Å²) in [5, 5.41) is 17.6. The lowest BCUT2D eigenvalue weighted by molar-refractivity contribution is -0.111.